The van der Waals surface area contributed by atoms with Crippen molar-refractivity contribution in [3.8, 4) is 10.7 Å². The van der Waals surface area contributed by atoms with Crippen molar-refractivity contribution in [1.82, 2.24) is 25.2 Å². The molecule has 3 rings (SSSR count). The quantitative estimate of drug-likeness (QED) is 0.778. The van der Waals surface area contributed by atoms with Crippen LogP contribution in [0.1, 0.15) is 10.5 Å². The number of likely N-dealkylation sites (N-methyl/N-ethyl adjacent to an activating group) is 2. The van der Waals surface area contributed by atoms with E-state index in [1.54, 1.807) is 7.05 Å². The minimum Gasteiger partial charge on any atom is -0.358 e. The predicted molar refractivity (Wildman–Crippen MR) is 91.7 cm³/mol. The third kappa shape index (κ3) is 3.09. The number of amides is 2. The van der Waals surface area contributed by atoms with E-state index in [9.17, 15) is 9.59 Å². The Morgan fingerprint density at radius 3 is 2.71 bits per heavy atom. The first-order chi connectivity index (χ1) is 11.6. The summed E-state index contributed by atoms with van der Waals surface area (Å²) in [6.07, 6.45) is 2.98. The molecule has 0 unspecified atom stereocenters. The molecular formula is C16H15N5O2S. The van der Waals surface area contributed by atoms with E-state index in [0.29, 0.717) is 10.7 Å². The zero-order valence-corrected chi connectivity index (χ0v) is 14.0. The smallest absolute Gasteiger partial charge is 0.275 e. The molecular weight excluding hydrogens is 326 g/mol. The van der Waals surface area contributed by atoms with Gasteiger partial charge in [0.2, 0.25) is 5.91 Å². The first kappa shape index (κ1) is 16.0. The van der Waals surface area contributed by atoms with Gasteiger partial charge in [-0.15, -0.1) is 11.3 Å². The van der Waals surface area contributed by atoms with Gasteiger partial charge in [0.25, 0.3) is 5.91 Å². The lowest BCUT2D eigenvalue weighted by molar-refractivity contribution is -0.121. The number of benzene rings is 1. The number of para-hydroxylation sites is 1. The number of hydrogen-bond acceptors (Lipinski definition) is 6. The summed E-state index contributed by atoms with van der Waals surface area (Å²) in [5.41, 5.74) is 1.45. The van der Waals surface area contributed by atoms with Gasteiger partial charge in [-0.05, 0) is 12.1 Å². The van der Waals surface area contributed by atoms with Crippen LogP contribution in [0.5, 0.6) is 0 Å². The monoisotopic (exact) mass is 341 g/mol. The fourth-order valence-corrected chi connectivity index (χ4v) is 3.13. The molecule has 0 atom stereocenters. The summed E-state index contributed by atoms with van der Waals surface area (Å²) in [5.74, 6) is -0.628. The van der Waals surface area contributed by atoms with Crippen molar-refractivity contribution >= 4 is 33.4 Å². The second kappa shape index (κ2) is 6.71. The molecule has 3 aromatic rings. The Kier molecular flexibility index (Phi) is 4.48. The van der Waals surface area contributed by atoms with Crippen molar-refractivity contribution in [2.75, 3.05) is 20.6 Å². The molecule has 24 heavy (non-hydrogen) atoms. The van der Waals surface area contributed by atoms with Crippen molar-refractivity contribution in [3.63, 3.8) is 0 Å². The van der Waals surface area contributed by atoms with E-state index in [1.165, 1.54) is 35.7 Å². The fraction of sp³-hybridized carbons (Fsp3) is 0.188. The molecule has 0 aliphatic rings. The zero-order chi connectivity index (χ0) is 17.1. The predicted octanol–water partition coefficient (Wildman–Crippen LogP) is 1.57. The average molecular weight is 341 g/mol. The van der Waals surface area contributed by atoms with Gasteiger partial charge in [-0.25, -0.2) is 15.0 Å². The molecule has 2 heterocycles. The molecule has 0 bridgehead atoms. The number of carbonyl (C=O) groups excluding carboxylic acids is 2. The Bertz CT molecular complexity index is 875. The van der Waals surface area contributed by atoms with Crippen molar-refractivity contribution in [1.29, 1.82) is 0 Å². The number of fused-ring (bicyclic) bond motifs is 1. The third-order valence-electron chi connectivity index (χ3n) is 3.40. The Balaban J connectivity index is 1.98. The largest absolute Gasteiger partial charge is 0.358 e. The molecule has 2 aromatic heterocycles. The Morgan fingerprint density at radius 2 is 1.96 bits per heavy atom. The van der Waals surface area contributed by atoms with Crippen LogP contribution in [0.15, 0.2) is 36.7 Å². The number of nitrogens with one attached hydrogen (secondary N) is 1. The van der Waals surface area contributed by atoms with Gasteiger partial charge in [-0.2, -0.15) is 0 Å². The van der Waals surface area contributed by atoms with Gasteiger partial charge >= 0.3 is 0 Å². The molecule has 0 saturated carbocycles. The number of rotatable bonds is 4. The highest BCUT2D eigenvalue weighted by Gasteiger charge is 2.22. The van der Waals surface area contributed by atoms with Crippen LogP contribution in [-0.4, -0.2) is 52.3 Å². The highest BCUT2D eigenvalue weighted by atomic mass is 32.1. The van der Waals surface area contributed by atoms with Crippen LogP contribution >= 0.6 is 11.3 Å². The molecule has 122 valence electrons. The van der Waals surface area contributed by atoms with Gasteiger partial charge in [0.05, 0.1) is 16.8 Å². The number of thiazole rings is 1. The minimum absolute atomic E-state index is 0.0504. The summed E-state index contributed by atoms with van der Waals surface area (Å²) in [6, 6.07) is 7.72. The molecule has 0 aliphatic carbocycles. The van der Waals surface area contributed by atoms with Crippen LogP contribution in [-0.2, 0) is 4.79 Å². The first-order valence-corrected chi connectivity index (χ1v) is 8.05. The summed E-state index contributed by atoms with van der Waals surface area (Å²) in [6.45, 7) is -0.0504. The van der Waals surface area contributed by atoms with Gasteiger partial charge in [-0.1, -0.05) is 12.1 Å². The molecule has 0 spiro atoms. The van der Waals surface area contributed by atoms with Crippen molar-refractivity contribution < 1.29 is 9.59 Å². The van der Waals surface area contributed by atoms with Gasteiger partial charge in [-0.3, -0.25) is 9.59 Å². The van der Waals surface area contributed by atoms with Crippen LogP contribution in [0.25, 0.3) is 20.9 Å². The van der Waals surface area contributed by atoms with E-state index < -0.39 is 0 Å². The Morgan fingerprint density at radius 1 is 1.21 bits per heavy atom. The zero-order valence-electron chi connectivity index (χ0n) is 13.2. The number of hydrogen-bond donors (Lipinski definition) is 1. The van der Waals surface area contributed by atoms with Crippen molar-refractivity contribution in [2.24, 2.45) is 0 Å². The molecule has 1 N–H and O–H groups in total. The highest BCUT2D eigenvalue weighted by molar-refractivity contribution is 7.21. The summed E-state index contributed by atoms with van der Waals surface area (Å²) < 4.78 is 1.01. The second-order valence-corrected chi connectivity index (χ2v) is 6.11. The van der Waals surface area contributed by atoms with E-state index in [-0.39, 0.29) is 24.1 Å². The Labute approximate surface area is 142 Å². The van der Waals surface area contributed by atoms with Crippen LogP contribution in [0, 0.1) is 0 Å². The average Bonchev–Trinajstić information content (AvgIpc) is 3.04. The van der Waals surface area contributed by atoms with E-state index >= 15 is 0 Å². The molecule has 0 aliphatic heterocycles. The number of nitrogens with zero attached hydrogens (tertiary/aromatic N) is 4. The van der Waals surface area contributed by atoms with Gasteiger partial charge in [0.1, 0.15) is 10.7 Å². The van der Waals surface area contributed by atoms with Crippen molar-refractivity contribution in [2.45, 2.75) is 0 Å². The molecule has 0 fully saturated rings. The standard InChI is InChI=1S/C16H15N5O2S/c1-17-12(22)9-21(2)16(23)14-13(18-7-8-19-14)15-20-10-5-3-4-6-11(10)24-15/h3-8H,9H2,1-2H3,(H,17,22). The third-order valence-corrected chi connectivity index (χ3v) is 4.45. The topological polar surface area (TPSA) is 88.1 Å². The van der Waals surface area contributed by atoms with Gasteiger partial charge < -0.3 is 10.2 Å². The van der Waals surface area contributed by atoms with Crippen molar-refractivity contribution in [3.05, 3.63) is 42.4 Å². The number of carbonyl (C=O) groups is 2. The van der Waals surface area contributed by atoms with E-state index in [2.05, 4.69) is 20.3 Å². The lowest BCUT2D eigenvalue weighted by atomic mass is 10.2. The van der Waals surface area contributed by atoms with Crippen LogP contribution in [0.4, 0.5) is 0 Å². The molecule has 0 saturated heterocycles. The van der Waals surface area contributed by atoms with E-state index in [0.717, 1.165) is 10.2 Å². The van der Waals surface area contributed by atoms with Gasteiger partial charge in [0, 0.05) is 26.5 Å². The van der Waals surface area contributed by atoms with Gasteiger partial charge in [0.15, 0.2) is 5.69 Å². The summed E-state index contributed by atoms with van der Waals surface area (Å²) in [5, 5.41) is 3.11. The molecule has 1 aromatic carbocycles. The number of aromatic nitrogens is 3. The van der Waals surface area contributed by atoms with Crippen LogP contribution in [0.2, 0.25) is 0 Å². The maximum absolute atomic E-state index is 12.6. The molecule has 2 amide bonds. The first-order valence-electron chi connectivity index (χ1n) is 7.23. The molecule has 0 radical (unpaired) electrons. The fourth-order valence-electron chi connectivity index (χ4n) is 2.17. The maximum Gasteiger partial charge on any atom is 0.275 e. The minimum atomic E-state index is -0.374. The highest BCUT2D eigenvalue weighted by Crippen LogP contribution is 2.30. The summed E-state index contributed by atoms with van der Waals surface area (Å²) >= 11 is 1.45. The summed E-state index contributed by atoms with van der Waals surface area (Å²) in [4.78, 5) is 38.4. The maximum atomic E-state index is 12.6. The van der Waals surface area contributed by atoms with Crippen LogP contribution < -0.4 is 5.32 Å². The lowest BCUT2D eigenvalue weighted by Crippen LogP contribution is -2.37. The molecule has 8 heteroatoms. The Hall–Kier alpha value is -2.87. The van der Waals surface area contributed by atoms with E-state index in [1.807, 2.05) is 24.3 Å². The van der Waals surface area contributed by atoms with E-state index in [4.69, 9.17) is 0 Å². The normalized spacial score (nSPS) is 10.6. The van der Waals surface area contributed by atoms with Crippen LogP contribution in [0.3, 0.4) is 0 Å². The summed E-state index contributed by atoms with van der Waals surface area (Å²) in [7, 11) is 3.07. The molecule has 7 nitrogen and oxygen atoms in total. The lowest BCUT2D eigenvalue weighted by Gasteiger charge is -2.16. The second-order valence-electron chi connectivity index (χ2n) is 5.07. The SMILES string of the molecule is CNC(=O)CN(C)C(=O)c1nccnc1-c1nc2ccccc2s1.